The first-order valence-electron chi connectivity index (χ1n) is 6.84. The average molecular weight is 268 g/mol. The molecule has 0 aliphatic heterocycles. The molecule has 0 saturated heterocycles. The third kappa shape index (κ3) is 5.17. The molecule has 19 heavy (non-hydrogen) atoms. The highest BCUT2D eigenvalue weighted by Gasteiger charge is 2.19. The predicted molar refractivity (Wildman–Crippen MR) is 78.0 cm³/mol. The van der Waals surface area contributed by atoms with E-state index in [1.165, 1.54) is 0 Å². The summed E-state index contributed by atoms with van der Waals surface area (Å²) in [5.74, 6) is -0.235. The minimum atomic E-state index is -0.842. The highest BCUT2D eigenvalue weighted by molar-refractivity contribution is 5.49. The van der Waals surface area contributed by atoms with Gasteiger partial charge in [0.1, 0.15) is 5.82 Å². The van der Waals surface area contributed by atoms with Crippen LogP contribution in [0.15, 0.2) is 18.2 Å². The van der Waals surface area contributed by atoms with E-state index in [9.17, 15) is 9.50 Å². The van der Waals surface area contributed by atoms with Crippen molar-refractivity contribution < 1.29 is 9.50 Å². The Labute approximate surface area is 115 Å². The molecular weight excluding hydrogens is 243 g/mol. The minimum absolute atomic E-state index is 0.235. The van der Waals surface area contributed by atoms with E-state index in [1.807, 2.05) is 24.8 Å². The standard InChI is InChI=1S/C15H25FN2O/c1-5-17-10-12-7-8-14(13(16)9-12)18(6-2)11-15(3,4)19/h7-9,17,19H,5-6,10-11H2,1-4H3. The molecule has 0 fully saturated rings. The molecule has 0 saturated carbocycles. The minimum Gasteiger partial charge on any atom is -0.389 e. The SMILES string of the molecule is CCNCc1ccc(N(CC)CC(C)(C)O)c(F)c1. The van der Waals surface area contributed by atoms with Crippen molar-refractivity contribution in [2.24, 2.45) is 0 Å². The van der Waals surface area contributed by atoms with Crippen LogP contribution in [-0.4, -0.2) is 30.3 Å². The lowest BCUT2D eigenvalue weighted by Crippen LogP contribution is -2.39. The van der Waals surface area contributed by atoms with Crippen LogP contribution in [0, 0.1) is 5.82 Å². The van der Waals surface area contributed by atoms with Gasteiger partial charge in [0, 0.05) is 19.6 Å². The Morgan fingerprint density at radius 1 is 1.32 bits per heavy atom. The van der Waals surface area contributed by atoms with Gasteiger partial charge in [-0.2, -0.15) is 0 Å². The van der Waals surface area contributed by atoms with E-state index in [2.05, 4.69) is 5.32 Å². The van der Waals surface area contributed by atoms with E-state index in [0.717, 1.165) is 12.1 Å². The number of likely N-dealkylation sites (N-methyl/N-ethyl adjacent to an activating group) is 1. The van der Waals surface area contributed by atoms with Crippen molar-refractivity contribution in [1.82, 2.24) is 5.32 Å². The van der Waals surface area contributed by atoms with Gasteiger partial charge in [-0.15, -0.1) is 0 Å². The summed E-state index contributed by atoms with van der Waals surface area (Å²) in [5, 5.41) is 13.0. The van der Waals surface area contributed by atoms with Crippen molar-refractivity contribution in [3.8, 4) is 0 Å². The predicted octanol–water partition coefficient (Wildman–Crippen LogP) is 2.53. The molecule has 0 atom stereocenters. The second-order valence-electron chi connectivity index (χ2n) is 5.39. The Morgan fingerprint density at radius 2 is 2.00 bits per heavy atom. The summed E-state index contributed by atoms with van der Waals surface area (Å²) in [7, 11) is 0. The molecule has 1 rings (SSSR count). The summed E-state index contributed by atoms with van der Waals surface area (Å²) in [4.78, 5) is 1.85. The van der Waals surface area contributed by atoms with Crippen molar-refractivity contribution in [3.05, 3.63) is 29.6 Å². The van der Waals surface area contributed by atoms with Gasteiger partial charge in [-0.25, -0.2) is 4.39 Å². The Balaban J connectivity index is 2.87. The maximum atomic E-state index is 14.1. The van der Waals surface area contributed by atoms with Crippen LogP contribution in [-0.2, 0) is 6.54 Å². The molecule has 1 aromatic carbocycles. The van der Waals surface area contributed by atoms with Crippen molar-refractivity contribution in [1.29, 1.82) is 0 Å². The molecule has 3 nitrogen and oxygen atoms in total. The summed E-state index contributed by atoms with van der Waals surface area (Å²) in [5.41, 5.74) is 0.637. The number of anilines is 1. The van der Waals surface area contributed by atoms with Crippen molar-refractivity contribution in [2.45, 2.75) is 39.8 Å². The fourth-order valence-electron chi connectivity index (χ4n) is 2.02. The number of halogens is 1. The fourth-order valence-corrected chi connectivity index (χ4v) is 2.02. The average Bonchev–Trinajstić information content (AvgIpc) is 2.33. The van der Waals surface area contributed by atoms with Gasteiger partial charge in [0.25, 0.3) is 0 Å². The molecule has 2 N–H and O–H groups in total. The molecule has 108 valence electrons. The van der Waals surface area contributed by atoms with Gasteiger partial charge < -0.3 is 15.3 Å². The maximum Gasteiger partial charge on any atom is 0.146 e. The number of hydrogen-bond donors (Lipinski definition) is 2. The van der Waals surface area contributed by atoms with Crippen LogP contribution in [0.4, 0.5) is 10.1 Å². The van der Waals surface area contributed by atoms with E-state index in [1.54, 1.807) is 26.0 Å². The smallest absolute Gasteiger partial charge is 0.146 e. The zero-order chi connectivity index (χ0) is 14.5. The van der Waals surface area contributed by atoms with E-state index in [-0.39, 0.29) is 5.82 Å². The van der Waals surface area contributed by atoms with Gasteiger partial charge in [-0.05, 0) is 45.0 Å². The summed E-state index contributed by atoms with van der Waals surface area (Å²) >= 11 is 0. The highest BCUT2D eigenvalue weighted by atomic mass is 19.1. The second-order valence-corrected chi connectivity index (χ2v) is 5.39. The van der Waals surface area contributed by atoms with Gasteiger partial charge in [-0.1, -0.05) is 13.0 Å². The molecule has 0 aliphatic rings. The molecule has 0 amide bonds. The van der Waals surface area contributed by atoms with Gasteiger partial charge in [0.2, 0.25) is 0 Å². The number of nitrogens with one attached hydrogen (secondary N) is 1. The third-order valence-corrected chi connectivity index (χ3v) is 2.89. The molecule has 1 aromatic rings. The summed E-state index contributed by atoms with van der Waals surface area (Å²) < 4.78 is 14.1. The zero-order valence-corrected chi connectivity index (χ0v) is 12.3. The summed E-state index contributed by atoms with van der Waals surface area (Å²) in [6, 6.07) is 5.27. The molecule has 0 heterocycles. The monoisotopic (exact) mass is 268 g/mol. The lowest BCUT2D eigenvalue weighted by molar-refractivity contribution is 0.0874. The van der Waals surface area contributed by atoms with Crippen LogP contribution >= 0.6 is 0 Å². The molecule has 0 bridgehead atoms. The fraction of sp³-hybridized carbons (Fsp3) is 0.600. The molecular formula is C15H25FN2O. The second kappa shape index (κ2) is 6.87. The lowest BCUT2D eigenvalue weighted by Gasteiger charge is -2.30. The van der Waals surface area contributed by atoms with Crippen LogP contribution < -0.4 is 10.2 Å². The number of rotatable bonds is 7. The molecule has 0 spiro atoms. The van der Waals surface area contributed by atoms with Crippen molar-refractivity contribution in [2.75, 3.05) is 24.5 Å². The molecule has 0 unspecified atom stereocenters. The van der Waals surface area contributed by atoms with Gasteiger partial charge >= 0.3 is 0 Å². The van der Waals surface area contributed by atoms with Crippen molar-refractivity contribution in [3.63, 3.8) is 0 Å². The molecule has 4 heteroatoms. The molecule has 0 aliphatic carbocycles. The third-order valence-electron chi connectivity index (χ3n) is 2.89. The number of hydrogen-bond acceptors (Lipinski definition) is 3. The van der Waals surface area contributed by atoms with Crippen LogP contribution in [0.2, 0.25) is 0 Å². The summed E-state index contributed by atoms with van der Waals surface area (Å²) in [6.07, 6.45) is 0. The maximum absolute atomic E-state index is 14.1. The zero-order valence-electron chi connectivity index (χ0n) is 12.3. The highest BCUT2D eigenvalue weighted by Crippen LogP contribution is 2.22. The lowest BCUT2D eigenvalue weighted by atomic mass is 10.1. The van der Waals surface area contributed by atoms with E-state index in [0.29, 0.717) is 25.3 Å². The Morgan fingerprint density at radius 3 is 2.47 bits per heavy atom. The van der Waals surface area contributed by atoms with Gasteiger partial charge in [0.15, 0.2) is 0 Å². The number of nitrogens with zero attached hydrogens (tertiary/aromatic N) is 1. The van der Waals surface area contributed by atoms with Gasteiger partial charge in [-0.3, -0.25) is 0 Å². The molecule has 0 radical (unpaired) electrons. The van der Waals surface area contributed by atoms with Crippen LogP contribution in [0.1, 0.15) is 33.3 Å². The van der Waals surface area contributed by atoms with E-state index < -0.39 is 5.60 Å². The van der Waals surface area contributed by atoms with Crippen molar-refractivity contribution >= 4 is 5.69 Å². The first kappa shape index (κ1) is 15.9. The topological polar surface area (TPSA) is 35.5 Å². The Kier molecular flexibility index (Phi) is 5.76. The number of aliphatic hydroxyl groups is 1. The Hall–Kier alpha value is -1.13. The number of benzene rings is 1. The normalized spacial score (nSPS) is 11.7. The largest absolute Gasteiger partial charge is 0.389 e. The first-order valence-corrected chi connectivity index (χ1v) is 6.84. The van der Waals surface area contributed by atoms with E-state index in [4.69, 9.17) is 0 Å². The van der Waals surface area contributed by atoms with Crippen LogP contribution in [0.3, 0.4) is 0 Å². The summed E-state index contributed by atoms with van der Waals surface area (Å²) in [6.45, 7) is 10.0. The van der Waals surface area contributed by atoms with Crippen LogP contribution in [0.5, 0.6) is 0 Å². The Bertz CT molecular complexity index is 402. The van der Waals surface area contributed by atoms with Crippen LogP contribution in [0.25, 0.3) is 0 Å². The molecule has 0 aromatic heterocycles. The quantitative estimate of drug-likeness (QED) is 0.797. The first-order chi connectivity index (χ1) is 8.87. The van der Waals surface area contributed by atoms with E-state index >= 15 is 0 Å². The van der Waals surface area contributed by atoms with Gasteiger partial charge in [0.05, 0.1) is 11.3 Å².